The molecule has 0 radical (unpaired) electrons. The molecule has 0 amide bonds. The molecule has 22 heavy (non-hydrogen) atoms. The van der Waals surface area contributed by atoms with Crippen LogP contribution >= 0.6 is 15.9 Å². The van der Waals surface area contributed by atoms with Crippen LogP contribution in [0.1, 0.15) is 25.3 Å². The van der Waals surface area contributed by atoms with Crippen LogP contribution in [-0.2, 0) is 6.54 Å². The Kier molecular flexibility index (Phi) is 6.36. The highest BCUT2D eigenvalue weighted by Gasteiger charge is 2.16. The van der Waals surface area contributed by atoms with Gasteiger partial charge < -0.3 is 19.7 Å². The molecule has 1 fully saturated rings. The molecule has 0 unspecified atom stereocenters. The van der Waals surface area contributed by atoms with E-state index < -0.39 is 0 Å². The monoisotopic (exact) mass is 369 g/mol. The third-order valence-corrected chi connectivity index (χ3v) is 4.23. The van der Waals surface area contributed by atoms with Crippen LogP contribution < -0.4 is 14.8 Å². The third-order valence-electron chi connectivity index (χ3n) is 3.65. The lowest BCUT2D eigenvalue weighted by atomic mass is 10.2. The molecule has 1 N–H and O–H groups in total. The summed E-state index contributed by atoms with van der Waals surface area (Å²) in [6.45, 7) is 5.75. The van der Waals surface area contributed by atoms with E-state index in [0.717, 1.165) is 35.6 Å². The van der Waals surface area contributed by atoms with Crippen LogP contribution in [0.15, 0.2) is 21.6 Å². The van der Waals surface area contributed by atoms with Gasteiger partial charge in [0.25, 0.3) is 0 Å². The van der Waals surface area contributed by atoms with Crippen molar-refractivity contribution >= 4 is 21.9 Å². The largest absolute Gasteiger partial charge is 0.493 e. The minimum absolute atomic E-state index is 0.609. The number of halogens is 1. The van der Waals surface area contributed by atoms with Crippen molar-refractivity contribution in [2.24, 2.45) is 4.99 Å². The van der Waals surface area contributed by atoms with Crippen LogP contribution in [0.3, 0.4) is 0 Å². The highest BCUT2D eigenvalue weighted by molar-refractivity contribution is 9.10. The Morgan fingerprint density at radius 3 is 2.59 bits per heavy atom. The molecular weight excluding hydrogens is 346 g/mol. The number of guanidine groups is 1. The van der Waals surface area contributed by atoms with Crippen molar-refractivity contribution in [3.8, 4) is 11.5 Å². The first-order valence-corrected chi connectivity index (χ1v) is 8.42. The van der Waals surface area contributed by atoms with Gasteiger partial charge in [-0.05, 0) is 53.4 Å². The van der Waals surface area contributed by atoms with E-state index in [1.54, 1.807) is 14.2 Å². The van der Waals surface area contributed by atoms with Gasteiger partial charge in [-0.1, -0.05) is 0 Å². The number of methoxy groups -OCH3 is 2. The molecule has 1 heterocycles. The van der Waals surface area contributed by atoms with E-state index in [4.69, 9.17) is 14.5 Å². The molecule has 2 rings (SSSR count). The molecule has 6 heteroatoms. The van der Waals surface area contributed by atoms with Crippen LogP contribution in [0, 0.1) is 0 Å². The van der Waals surface area contributed by atoms with Crippen molar-refractivity contribution in [2.45, 2.75) is 26.3 Å². The van der Waals surface area contributed by atoms with Crippen molar-refractivity contribution in [1.29, 1.82) is 0 Å². The Balaban J connectivity index is 2.17. The van der Waals surface area contributed by atoms with Crippen LogP contribution in [-0.4, -0.2) is 44.7 Å². The number of ether oxygens (including phenoxy) is 2. The predicted octanol–water partition coefficient (Wildman–Crippen LogP) is 3.03. The van der Waals surface area contributed by atoms with E-state index in [2.05, 4.69) is 33.1 Å². The molecule has 0 atom stereocenters. The maximum absolute atomic E-state index is 5.38. The summed E-state index contributed by atoms with van der Waals surface area (Å²) in [4.78, 5) is 7.07. The minimum atomic E-state index is 0.609. The summed E-state index contributed by atoms with van der Waals surface area (Å²) < 4.78 is 11.6. The maximum Gasteiger partial charge on any atom is 0.194 e. The minimum Gasteiger partial charge on any atom is -0.493 e. The summed E-state index contributed by atoms with van der Waals surface area (Å²) in [5.74, 6) is 2.42. The highest BCUT2D eigenvalue weighted by Crippen LogP contribution is 2.36. The maximum atomic E-state index is 5.38. The molecule has 1 aromatic carbocycles. The summed E-state index contributed by atoms with van der Waals surface area (Å²) in [6.07, 6.45) is 2.48. The number of benzene rings is 1. The predicted molar refractivity (Wildman–Crippen MR) is 92.9 cm³/mol. The number of hydrogen-bond acceptors (Lipinski definition) is 3. The van der Waals surface area contributed by atoms with Crippen LogP contribution in [0.4, 0.5) is 0 Å². The lowest BCUT2D eigenvalue weighted by molar-refractivity contribution is 0.352. The topological polar surface area (TPSA) is 46.1 Å². The molecule has 0 saturated carbocycles. The average molecular weight is 370 g/mol. The molecular formula is C16H24BrN3O2. The molecule has 122 valence electrons. The lowest BCUT2D eigenvalue weighted by Gasteiger charge is -2.20. The zero-order valence-corrected chi connectivity index (χ0v) is 15.1. The van der Waals surface area contributed by atoms with Gasteiger partial charge in [0.15, 0.2) is 17.5 Å². The van der Waals surface area contributed by atoms with E-state index in [1.165, 1.54) is 12.8 Å². The quantitative estimate of drug-likeness (QED) is 0.639. The number of nitrogens with zero attached hydrogens (tertiary/aromatic N) is 2. The highest BCUT2D eigenvalue weighted by atomic mass is 79.9. The average Bonchev–Trinajstić information content (AvgIpc) is 3.05. The Labute approximate surface area is 140 Å². The molecule has 0 bridgehead atoms. The lowest BCUT2D eigenvalue weighted by Crippen LogP contribution is -2.39. The third kappa shape index (κ3) is 4.06. The Hall–Kier alpha value is -1.43. The van der Waals surface area contributed by atoms with Crippen LogP contribution in [0.5, 0.6) is 11.5 Å². The Bertz CT molecular complexity index is 528. The van der Waals surface area contributed by atoms with E-state index >= 15 is 0 Å². The molecule has 0 spiro atoms. The van der Waals surface area contributed by atoms with Crippen molar-refractivity contribution in [2.75, 3.05) is 33.9 Å². The van der Waals surface area contributed by atoms with Gasteiger partial charge in [0.05, 0.1) is 25.2 Å². The SMILES string of the molecule is CCNC(=NCc1cc(Br)c(OC)c(OC)c1)N1CCCC1. The molecule has 1 aliphatic rings. The summed E-state index contributed by atoms with van der Waals surface area (Å²) >= 11 is 3.52. The normalized spacial score (nSPS) is 15.1. The first-order chi connectivity index (χ1) is 10.7. The second-order valence-corrected chi connectivity index (χ2v) is 6.03. The fraction of sp³-hybridized carbons (Fsp3) is 0.562. The van der Waals surface area contributed by atoms with E-state index in [-0.39, 0.29) is 0 Å². The first-order valence-electron chi connectivity index (χ1n) is 7.63. The standard InChI is InChI=1S/C16H24BrN3O2/c1-4-18-16(20-7-5-6-8-20)19-11-12-9-13(17)15(22-3)14(10-12)21-2/h9-10H,4-8,11H2,1-3H3,(H,18,19). The number of likely N-dealkylation sites (tertiary alicyclic amines) is 1. The number of rotatable bonds is 5. The van der Waals surface area contributed by atoms with Crippen molar-refractivity contribution < 1.29 is 9.47 Å². The second-order valence-electron chi connectivity index (χ2n) is 5.18. The fourth-order valence-corrected chi connectivity index (χ4v) is 3.23. The number of nitrogens with one attached hydrogen (secondary N) is 1. The van der Waals surface area contributed by atoms with E-state index in [0.29, 0.717) is 18.0 Å². The van der Waals surface area contributed by atoms with Gasteiger partial charge in [0.2, 0.25) is 0 Å². The molecule has 0 aromatic heterocycles. The van der Waals surface area contributed by atoms with Gasteiger partial charge in [0, 0.05) is 19.6 Å². The van der Waals surface area contributed by atoms with E-state index in [9.17, 15) is 0 Å². The molecule has 1 aromatic rings. The van der Waals surface area contributed by atoms with Crippen LogP contribution in [0.2, 0.25) is 0 Å². The van der Waals surface area contributed by atoms with Crippen molar-refractivity contribution in [3.63, 3.8) is 0 Å². The number of hydrogen-bond donors (Lipinski definition) is 1. The molecule has 5 nitrogen and oxygen atoms in total. The van der Waals surface area contributed by atoms with Gasteiger partial charge >= 0.3 is 0 Å². The Morgan fingerprint density at radius 2 is 2.00 bits per heavy atom. The van der Waals surface area contributed by atoms with Gasteiger partial charge in [0.1, 0.15) is 0 Å². The summed E-state index contributed by atoms with van der Waals surface area (Å²) in [7, 11) is 3.28. The van der Waals surface area contributed by atoms with Crippen molar-refractivity contribution in [1.82, 2.24) is 10.2 Å². The first kappa shape index (κ1) is 16.9. The molecule has 0 aliphatic carbocycles. The van der Waals surface area contributed by atoms with Gasteiger partial charge in [-0.2, -0.15) is 0 Å². The van der Waals surface area contributed by atoms with Crippen molar-refractivity contribution in [3.05, 3.63) is 22.2 Å². The summed E-state index contributed by atoms with van der Waals surface area (Å²) in [5, 5.41) is 3.37. The molecule has 1 saturated heterocycles. The fourth-order valence-electron chi connectivity index (χ4n) is 2.58. The Morgan fingerprint density at radius 1 is 1.27 bits per heavy atom. The molecule has 1 aliphatic heterocycles. The van der Waals surface area contributed by atoms with Crippen LogP contribution in [0.25, 0.3) is 0 Å². The number of aliphatic imine (C=N–C) groups is 1. The smallest absolute Gasteiger partial charge is 0.194 e. The zero-order chi connectivity index (χ0) is 15.9. The van der Waals surface area contributed by atoms with Gasteiger partial charge in [-0.25, -0.2) is 4.99 Å². The summed E-state index contributed by atoms with van der Waals surface area (Å²) in [5.41, 5.74) is 1.08. The van der Waals surface area contributed by atoms with E-state index in [1.807, 2.05) is 12.1 Å². The van der Waals surface area contributed by atoms with Gasteiger partial charge in [-0.15, -0.1) is 0 Å². The zero-order valence-electron chi connectivity index (χ0n) is 13.5. The van der Waals surface area contributed by atoms with Gasteiger partial charge in [-0.3, -0.25) is 0 Å². The second kappa shape index (κ2) is 8.27. The summed E-state index contributed by atoms with van der Waals surface area (Å²) in [6, 6.07) is 4.00.